The highest BCUT2D eigenvalue weighted by atomic mass is 35.5. The van der Waals surface area contributed by atoms with Crippen LogP contribution in [0.5, 0.6) is 11.5 Å². The van der Waals surface area contributed by atoms with Crippen molar-refractivity contribution < 1.29 is 19.4 Å². The molecule has 1 aliphatic rings. The monoisotopic (exact) mass is 504 g/mol. The van der Waals surface area contributed by atoms with Crippen LogP contribution in [0, 0.1) is 0 Å². The van der Waals surface area contributed by atoms with Crippen LogP contribution < -0.4 is 19.7 Å². The normalized spacial score (nSPS) is 15.4. The molecule has 1 unspecified atom stereocenters. The lowest BCUT2D eigenvalue weighted by molar-refractivity contribution is -0.139. The molecule has 0 aromatic heterocycles. The van der Waals surface area contributed by atoms with Crippen LogP contribution in [0.3, 0.4) is 0 Å². The molecule has 0 fully saturated rings. The second-order valence-corrected chi connectivity index (χ2v) is 8.70. The quantitative estimate of drug-likeness (QED) is 0.308. The van der Waals surface area contributed by atoms with Gasteiger partial charge in [-0.3, -0.25) is 0 Å². The van der Waals surface area contributed by atoms with E-state index in [2.05, 4.69) is 59.6 Å². The summed E-state index contributed by atoms with van der Waals surface area (Å²) in [6.45, 7) is 3.13. The molecule has 7 heteroatoms. The third-order valence-corrected chi connectivity index (χ3v) is 6.27. The highest BCUT2D eigenvalue weighted by Gasteiger charge is 2.27. The van der Waals surface area contributed by atoms with Gasteiger partial charge in [-0.15, -0.1) is 12.4 Å². The first-order chi connectivity index (χ1) is 17.1. The van der Waals surface area contributed by atoms with E-state index in [9.17, 15) is 4.79 Å². The number of nitrogens with one attached hydrogen (secondary N) is 1. The summed E-state index contributed by atoms with van der Waals surface area (Å²) in [7, 11) is 0. The molecule has 4 aromatic rings. The molecule has 0 radical (unpaired) electrons. The molecule has 0 saturated heterocycles. The minimum Gasteiger partial charge on any atom is -0.485 e. The van der Waals surface area contributed by atoms with Crippen LogP contribution in [0.1, 0.15) is 18.5 Å². The molecule has 0 bridgehead atoms. The molecule has 186 valence electrons. The molecule has 1 heterocycles. The van der Waals surface area contributed by atoms with Gasteiger partial charge in [-0.25, -0.2) is 4.79 Å². The summed E-state index contributed by atoms with van der Waals surface area (Å²) in [5.74, 6) is 0.340. The van der Waals surface area contributed by atoms with Crippen molar-refractivity contribution >= 4 is 40.5 Å². The smallest absolute Gasteiger partial charge is 0.341 e. The molecule has 4 aromatic carbocycles. The zero-order valence-electron chi connectivity index (χ0n) is 20.0. The number of carboxylic acid groups (broad SMARTS) is 1. The van der Waals surface area contributed by atoms with Gasteiger partial charge in [0.25, 0.3) is 0 Å². The van der Waals surface area contributed by atoms with Crippen LogP contribution in [0.2, 0.25) is 0 Å². The maximum atomic E-state index is 10.9. The van der Waals surface area contributed by atoms with Gasteiger partial charge in [0.15, 0.2) is 6.61 Å². The minimum atomic E-state index is -1.00. The highest BCUT2D eigenvalue weighted by molar-refractivity contribution is 5.86. The zero-order valence-corrected chi connectivity index (χ0v) is 20.8. The average molecular weight is 505 g/mol. The number of para-hydroxylation sites is 2. The molecule has 36 heavy (non-hydrogen) atoms. The number of ether oxygens (including phenoxy) is 2. The van der Waals surface area contributed by atoms with Crippen LogP contribution in [0.4, 0.5) is 11.4 Å². The second-order valence-electron chi connectivity index (χ2n) is 8.70. The van der Waals surface area contributed by atoms with Crippen LogP contribution in [0.15, 0.2) is 91.0 Å². The van der Waals surface area contributed by atoms with Crippen molar-refractivity contribution in [2.75, 3.05) is 24.6 Å². The predicted octanol–water partition coefficient (Wildman–Crippen LogP) is 5.97. The molecular formula is C29H29ClN2O4. The molecule has 0 amide bonds. The first-order valence-corrected chi connectivity index (χ1v) is 11.8. The van der Waals surface area contributed by atoms with E-state index in [4.69, 9.17) is 14.6 Å². The van der Waals surface area contributed by atoms with Gasteiger partial charge in [0.1, 0.15) is 17.6 Å². The molecule has 2 N–H and O–H groups in total. The number of fused-ring (bicyclic) bond motifs is 2. The number of hydrogen-bond donors (Lipinski definition) is 2. The Kier molecular flexibility index (Phi) is 7.98. The molecule has 0 aliphatic carbocycles. The lowest BCUT2D eigenvalue weighted by Crippen LogP contribution is -2.44. The molecule has 2 atom stereocenters. The van der Waals surface area contributed by atoms with Crippen LogP contribution in [-0.2, 0) is 4.79 Å². The van der Waals surface area contributed by atoms with Gasteiger partial charge in [-0.05, 0) is 47.5 Å². The van der Waals surface area contributed by atoms with Gasteiger partial charge in [0, 0.05) is 24.3 Å². The van der Waals surface area contributed by atoms with E-state index in [0.717, 1.165) is 17.1 Å². The summed E-state index contributed by atoms with van der Waals surface area (Å²) >= 11 is 0. The topological polar surface area (TPSA) is 71.0 Å². The number of carboxylic acids is 1. The van der Waals surface area contributed by atoms with Crippen molar-refractivity contribution in [1.29, 1.82) is 0 Å². The number of halogens is 1. The largest absolute Gasteiger partial charge is 0.485 e. The van der Waals surface area contributed by atoms with Gasteiger partial charge >= 0.3 is 5.97 Å². The summed E-state index contributed by atoms with van der Waals surface area (Å²) in [6, 6.07) is 30.5. The third kappa shape index (κ3) is 5.56. The van der Waals surface area contributed by atoms with Crippen molar-refractivity contribution in [3.8, 4) is 11.5 Å². The maximum Gasteiger partial charge on any atom is 0.341 e. The van der Waals surface area contributed by atoms with E-state index in [0.29, 0.717) is 18.8 Å². The molecule has 0 spiro atoms. The maximum absolute atomic E-state index is 10.9. The Hall–Kier alpha value is -3.74. The Bertz CT molecular complexity index is 1340. The van der Waals surface area contributed by atoms with Gasteiger partial charge in [0.2, 0.25) is 0 Å². The average Bonchev–Trinajstić information content (AvgIpc) is 2.90. The third-order valence-electron chi connectivity index (χ3n) is 6.27. The summed E-state index contributed by atoms with van der Waals surface area (Å²) in [4.78, 5) is 13.1. The van der Waals surface area contributed by atoms with E-state index < -0.39 is 5.97 Å². The zero-order chi connectivity index (χ0) is 24.2. The van der Waals surface area contributed by atoms with Gasteiger partial charge < -0.3 is 24.8 Å². The summed E-state index contributed by atoms with van der Waals surface area (Å²) < 4.78 is 11.8. The van der Waals surface area contributed by atoms with Crippen LogP contribution >= 0.6 is 12.4 Å². The molecular weight excluding hydrogens is 476 g/mol. The number of benzene rings is 4. The Morgan fingerprint density at radius 2 is 1.81 bits per heavy atom. The number of carbonyl (C=O) groups is 1. The second kappa shape index (κ2) is 11.3. The van der Waals surface area contributed by atoms with Crippen LogP contribution in [-0.4, -0.2) is 36.9 Å². The van der Waals surface area contributed by atoms with Crippen molar-refractivity contribution in [1.82, 2.24) is 5.32 Å². The number of nitrogens with zero attached hydrogens (tertiary/aromatic N) is 1. The number of anilines is 2. The summed E-state index contributed by atoms with van der Waals surface area (Å²) in [5, 5.41) is 15.1. The fourth-order valence-corrected chi connectivity index (χ4v) is 4.58. The summed E-state index contributed by atoms with van der Waals surface area (Å²) in [6.07, 6.45) is -0.0779. The molecule has 1 aliphatic heterocycles. The lowest BCUT2D eigenvalue weighted by Gasteiger charge is -2.37. The number of rotatable bonds is 8. The van der Waals surface area contributed by atoms with Gasteiger partial charge in [-0.1, -0.05) is 60.7 Å². The molecule has 0 saturated carbocycles. The van der Waals surface area contributed by atoms with E-state index in [1.165, 1.54) is 16.3 Å². The molecule has 6 nitrogen and oxygen atoms in total. The fourth-order valence-electron chi connectivity index (χ4n) is 4.58. The minimum absolute atomic E-state index is 0. The Balaban J connectivity index is 0.00000304. The first kappa shape index (κ1) is 25.4. The van der Waals surface area contributed by atoms with Crippen molar-refractivity contribution in [3.05, 3.63) is 96.6 Å². The van der Waals surface area contributed by atoms with Crippen LogP contribution in [0.25, 0.3) is 10.8 Å². The van der Waals surface area contributed by atoms with Crippen molar-refractivity contribution in [2.45, 2.75) is 19.1 Å². The Morgan fingerprint density at radius 1 is 1.06 bits per heavy atom. The summed E-state index contributed by atoms with van der Waals surface area (Å²) in [5.41, 5.74) is 3.16. The van der Waals surface area contributed by atoms with E-state index in [-0.39, 0.29) is 31.2 Å². The molecule has 5 rings (SSSR count). The fraction of sp³-hybridized carbons (Fsp3) is 0.207. The SMILES string of the molecule is C[C@@H](NCC1CN(c2cccc(OCC(=O)O)c2)c2ccccc2O1)c1cccc2ccccc12.Cl. The van der Waals surface area contributed by atoms with Crippen molar-refractivity contribution in [3.63, 3.8) is 0 Å². The lowest BCUT2D eigenvalue weighted by atomic mass is 9.99. The Labute approximate surface area is 216 Å². The predicted molar refractivity (Wildman–Crippen MR) is 145 cm³/mol. The number of aliphatic carboxylic acids is 1. The first-order valence-electron chi connectivity index (χ1n) is 11.8. The Morgan fingerprint density at radius 3 is 2.67 bits per heavy atom. The highest BCUT2D eigenvalue weighted by Crippen LogP contribution is 2.39. The van der Waals surface area contributed by atoms with E-state index in [1.54, 1.807) is 6.07 Å². The standard InChI is InChI=1S/C29H28N2O4.ClH/c1-20(25-13-6-9-21-8-2-3-12-26(21)25)30-17-24-18-31(27-14-4-5-15-28(27)35-24)22-10-7-11-23(16-22)34-19-29(32)33;/h2-16,20,24,30H,17-19H2,1H3,(H,32,33);1H/t20-,24?;/m1./s1. The van der Waals surface area contributed by atoms with E-state index >= 15 is 0 Å². The van der Waals surface area contributed by atoms with Gasteiger partial charge in [0.05, 0.1) is 12.2 Å². The van der Waals surface area contributed by atoms with Crippen molar-refractivity contribution in [2.24, 2.45) is 0 Å². The van der Waals surface area contributed by atoms with Gasteiger partial charge in [-0.2, -0.15) is 0 Å². The number of hydrogen-bond acceptors (Lipinski definition) is 5. The van der Waals surface area contributed by atoms with E-state index in [1.807, 2.05) is 42.5 Å².